The van der Waals surface area contributed by atoms with Crippen molar-refractivity contribution in [2.45, 2.75) is 19.8 Å². The lowest BCUT2D eigenvalue weighted by Gasteiger charge is -1.91. The standard InChI is InChI=1S/C8H13IO/c1-8(7-10)5-3-2-4-6-9/h4-6,10H,2-3,7H2,1H3/b6-4+,8-5+. The smallest absolute Gasteiger partial charge is 0.0639 e. The second-order valence-corrected chi connectivity index (χ2v) is 2.87. The highest BCUT2D eigenvalue weighted by Gasteiger charge is 1.82. The molecule has 0 atom stereocenters. The lowest BCUT2D eigenvalue weighted by molar-refractivity contribution is 0.331. The van der Waals surface area contributed by atoms with E-state index in [1.165, 1.54) is 0 Å². The quantitative estimate of drug-likeness (QED) is 0.463. The summed E-state index contributed by atoms with van der Waals surface area (Å²) in [5, 5.41) is 8.60. The van der Waals surface area contributed by atoms with E-state index in [2.05, 4.69) is 34.7 Å². The van der Waals surface area contributed by atoms with Crippen LogP contribution < -0.4 is 0 Å². The van der Waals surface area contributed by atoms with Gasteiger partial charge in [-0.25, -0.2) is 0 Å². The van der Waals surface area contributed by atoms with E-state index in [1.54, 1.807) is 0 Å². The summed E-state index contributed by atoms with van der Waals surface area (Å²) in [5.74, 6) is 0. The Morgan fingerprint density at radius 1 is 1.50 bits per heavy atom. The van der Waals surface area contributed by atoms with Gasteiger partial charge >= 0.3 is 0 Å². The summed E-state index contributed by atoms with van der Waals surface area (Å²) in [6.07, 6.45) is 6.28. The molecule has 0 aliphatic carbocycles. The Bertz CT molecular complexity index is 127. The zero-order valence-electron chi connectivity index (χ0n) is 6.18. The van der Waals surface area contributed by atoms with E-state index in [0.29, 0.717) is 0 Å². The molecule has 0 aromatic carbocycles. The molecule has 2 heteroatoms. The van der Waals surface area contributed by atoms with Gasteiger partial charge in [-0.15, -0.1) is 0 Å². The van der Waals surface area contributed by atoms with Crippen molar-refractivity contribution in [3.63, 3.8) is 0 Å². The zero-order valence-corrected chi connectivity index (χ0v) is 8.34. The molecule has 58 valence electrons. The monoisotopic (exact) mass is 252 g/mol. The Morgan fingerprint density at radius 3 is 2.70 bits per heavy atom. The Kier molecular flexibility index (Phi) is 7.40. The molecule has 0 saturated carbocycles. The molecule has 0 spiro atoms. The summed E-state index contributed by atoms with van der Waals surface area (Å²) in [4.78, 5) is 0. The molecule has 1 nitrogen and oxygen atoms in total. The van der Waals surface area contributed by atoms with E-state index in [1.807, 2.05) is 11.0 Å². The van der Waals surface area contributed by atoms with Crippen LogP contribution in [-0.2, 0) is 0 Å². The van der Waals surface area contributed by atoms with Crippen LogP contribution in [-0.4, -0.2) is 11.7 Å². The van der Waals surface area contributed by atoms with Gasteiger partial charge < -0.3 is 5.11 Å². The molecule has 0 rings (SSSR count). The summed E-state index contributed by atoms with van der Waals surface area (Å²) in [5.41, 5.74) is 1.06. The molecule has 10 heavy (non-hydrogen) atoms. The Morgan fingerprint density at radius 2 is 2.20 bits per heavy atom. The van der Waals surface area contributed by atoms with Gasteiger partial charge in [-0.2, -0.15) is 0 Å². The van der Waals surface area contributed by atoms with Gasteiger partial charge in [0.25, 0.3) is 0 Å². The third-order valence-corrected chi connectivity index (χ3v) is 1.67. The van der Waals surface area contributed by atoms with E-state index in [-0.39, 0.29) is 6.61 Å². The first kappa shape index (κ1) is 10.2. The van der Waals surface area contributed by atoms with Crippen molar-refractivity contribution in [3.8, 4) is 0 Å². The van der Waals surface area contributed by atoms with Gasteiger partial charge in [0.05, 0.1) is 6.61 Å². The summed E-state index contributed by atoms with van der Waals surface area (Å²) < 4.78 is 2.01. The number of aliphatic hydroxyl groups excluding tert-OH is 1. The van der Waals surface area contributed by atoms with Crippen molar-refractivity contribution >= 4 is 22.6 Å². The highest BCUT2D eigenvalue weighted by Crippen LogP contribution is 1.99. The van der Waals surface area contributed by atoms with Crippen LogP contribution >= 0.6 is 22.6 Å². The van der Waals surface area contributed by atoms with Crippen molar-refractivity contribution in [2.75, 3.05) is 6.61 Å². The van der Waals surface area contributed by atoms with Crippen LogP contribution in [0, 0.1) is 0 Å². The molecule has 1 N–H and O–H groups in total. The first-order valence-corrected chi connectivity index (χ1v) is 4.57. The van der Waals surface area contributed by atoms with Crippen molar-refractivity contribution in [1.82, 2.24) is 0 Å². The van der Waals surface area contributed by atoms with E-state index in [4.69, 9.17) is 5.11 Å². The molecule has 0 aromatic heterocycles. The first-order chi connectivity index (χ1) is 4.81. The third-order valence-electron chi connectivity index (χ3n) is 1.16. The first-order valence-electron chi connectivity index (χ1n) is 3.33. The maximum absolute atomic E-state index is 8.60. The summed E-state index contributed by atoms with van der Waals surface area (Å²) in [6.45, 7) is 2.13. The molecule has 0 unspecified atom stereocenters. The third kappa shape index (κ3) is 6.29. The SMILES string of the molecule is C/C(=C\CC/C=C/I)CO. The van der Waals surface area contributed by atoms with Gasteiger partial charge in [-0.05, 0) is 23.8 Å². The zero-order chi connectivity index (χ0) is 7.82. The van der Waals surface area contributed by atoms with Crippen molar-refractivity contribution < 1.29 is 5.11 Å². The largest absolute Gasteiger partial charge is 0.392 e. The normalized spacial score (nSPS) is 12.9. The van der Waals surface area contributed by atoms with E-state index in [0.717, 1.165) is 18.4 Å². The minimum Gasteiger partial charge on any atom is -0.392 e. The van der Waals surface area contributed by atoms with Gasteiger partial charge in [0, 0.05) is 0 Å². The molecular formula is C8H13IO. The minimum atomic E-state index is 0.188. The maximum Gasteiger partial charge on any atom is 0.0639 e. The van der Waals surface area contributed by atoms with Gasteiger partial charge in [0.15, 0.2) is 0 Å². The van der Waals surface area contributed by atoms with E-state index >= 15 is 0 Å². The van der Waals surface area contributed by atoms with Crippen LogP contribution in [0.2, 0.25) is 0 Å². The fraction of sp³-hybridized carbons (Fsp3) is 0.500. The lowest BCUT2D eigenvalue weighted by Crippen LogP contribution is -1.82. The van der Waals surface area contributed by atoms with Gasteiger partial charge in [-0.1, -0.05) is 40.3 Å². The molecule has 0 amide bonds. The maximum atomic E-state index is 8.60. The molecule has 0 heterocycles. The van der Waals surface area contributed by atoms with Crippen molar-refractivity contribution in [3.05, 3.63) is 21.8 Å². The number of unbranched alkanes of at least 4 members (excludes halogenated alkanes) is 1. The minimum absolute atomic E-state index is 0.188. The average Bonchev–Trinajstić information content (AvgIpc) is 1.98. The van der Waals surface area contributed by atoms with E-state index < -0.39 is 0 Å². The second kappa shape index (κ2) is 7.28. The predicted octanol–water partition coefficient (Wildman–Crippen LogP) is 2.65. The molecule has 0 saturated heterocycles. The second-order valence-electron chi connectivity index (χ2n) is 2.15. The van der Waals surface area contributed by atoms with Gasteiger partial charge in [0.1, 0.15) is 0 Å². The Balaban J connectivity index is 3.33. The lowest BCUT2D eigenvalue weighted by atomic mass is 10.2. The van der Waals surface area contributed by atoms with Crippen molar-refractivity contribution in [2.24, 2.45) is 0 Å². The van der Waals surface area contributed by atoms with Crippen molar-refractivity contribution in [1.29, 1.82) is 0 Å². The number of halogens is 1. The van der Waals surface area contributed by atoms with Crippen LogP contribution in [0.15, 0.2) is 21.8 Å². The molecule has 0 fully saturated rings. The molecule has 0 radical (unpaired) electrons. The Labute approximate surface area is 76.0 Å². The molecule has 0 aliphatic rings. The van der Waals surface area contributed by atoms with Gasteiger partial charge in [0.2, 0.25) is 0 Å². The fourth-order valence-electron chi connectivity index (χ4n) is 0.554. The number of rotatable bonds is 4. The summed E-state index contributed by atoms with van der Waals surface area (Å²) in [7, 11) is 0. The number of hydrogen-bond acceptors (Lipinski definition) is 1. The van der Waals surface area contributed by atoms with Crippen LogP contribution in [0.1, 0.15) is 19.8 Å². The summed E-state index contributed by atoms with van der Waals surface area (Å²) in [6, 6.07) is 0. The molecule has 0 aromatic rings. The molecule has 0 bridgehead atoms. The van der Waals surface area contributed by atoms with Crippen LogP contribution in [0.4, 0.5) is 0 Å². The number of allylic oxidation sites excluding steroid dienone is 2. The molecule has 0 aliphatic heterocycles. The predicted molar refractivity (Wildman–Crippen MR) is 53.2 cm³/mol. The average molecular weight is 252 g/mol. The number of hydrogen-bond donors (Lipinski definition) is 1. The topological polar surface area (TPSA) is 20.2 Å². The molecular weight excluding hydrogens is 239 g/mol. The fourth-order valence-corrected chi connectivity index (χ4v) is 0.913. The van der Waals surface area contributed by atoms with Crippen LogP contribution in [0.3, 0.4) is 0 Å². The van der Waals surface area contributed by atoms with Crippen LogP contribution in [0.25, 0.3) is 0 Å². The van der Waals surface area contributed by atoms with E-state index in [9.17, 15) is 0 Å². The van der Waals surface area contributed by atoms with Crippen LogP contribution in [0.5, 0.6) is 0 Å². The highest BCUT2D eigenvalue weighted by atomic mass is 127. The highest BCUT2D eigenvalue weighted by molar-refractivity contribution is 14.1. The summed E-state index contributed by atoms with van der Waals surface area (Å²) >= 11 is 2.20. The van der Waals surface area contributed by atoms with Gasteiger partial charge in [-0.3, -0.25) is 0 Å². The Hall–Kier alpha value is 0.170. The number of aliphatic hydroxyl groups is 1.